The van der Waals surface area contributed by atoms with E-state index in [2.05, 4.69) is 42.6 Å². The predicted molar refractivity (Wildman–Crippen MR) is 109 cm³/mol. The van der Waals surface area contributed by atoms with Gasteiger partial charge in [-0.05, 0) is 53.9 Å². The molecule has 0 radical (unpaired) electrons. The number of thiazole rings is 1. The number of aromatic nitrogens is 1. The average Bonchev–Trinajstić information content (AvgIpc) is 3.16. The summed E-state index contributed by atoms with van der Waals surface area (Å²) in [6, 6.07) is 0. The van der Waals surface area contributed by atoms with Crippen LogP contribution in [0.2, 0.25) is 0 Å². The number of hydrogen-bond acceptors (Lipinski definition) is 6. The lowest BCUT2D eigenvalue weighted by Gasteiger charge is -2.39. The summed E-state index contributed by atoms with van der Waals surface area (Å²) in [5, 5.41) is 3.32. The van der Waals surface area contributed by atoms with Gasteiger partial charge in [-0.3, -0.25) is 9.69 Å². The van der Waals surface area contributed by atoms with E-state index >= 15 is 0 Å². The second kappa shape index (κ2) is 8.89. The van der Waals surface area contributed by atoms with Crippen LogP contribution in [0.3, 0.4) is 0 Å². The van der Waals surface area contributed by atoms with Crippen LogP contribution in [0.1, 0.15) is 63.6 Å². The minimum absolute atomic E-state index is 0.0167. The summed E-state index contributed by atoms with van der Waals surface area (Å²) in [7, 11) is 0. The molecule has 1 aliphatic heterocycles. The summed E-state index contributed by atoms with van der Waals surface area (Å²) in [5.74, 6) is 0.629. The molecule has 0 bridgehead atoms. The maximum absolute atomic E-state index is 12.1. The van der Waals surface area contributed by atoms with Crippen molar-refractivity contribution < 1.29 is 14.3 Å². The maximum Gasteiger partial charge on any atom is 0.278 e. The number of carbonyl (C=O) groups excluding carboxylic acids is 1. The van der Waals surface area contributed by atoms with Gasteiger partial charge in [0.05, 0.1) is 12.7 Å². The lowest BCUT2D eigenvalue weighted by molar-refractivity contribution is -0.0735. The average molecular weight is 394 g/mol. The third kappa shape index (κ3) is 6.07. The number of nitrogens with one attached hydrogen (secondary N) is 1. The lowest BCUT2D eigenvalue weighted by Crippen LogP contribution is -2.50. The van der Waals surface area contributed by atoms with E-state index in [0.717, 1.165) is 25.0 Å². The van der Waals surface area contributed by atoms with E-state index in [1.807, 2.05) is 19.9 Å². The number of rotatable bonds is 8. The molecule has 7 heteroatoms. The van der Waals surface area contributed by atoms with Crippen LogP contribution in [0, 0.1) is 0 Å². The largest absolute Gasteiger partial charge is 0.473 e. The molecule has 0 aliphatic carbocycles. The summed E-state index contributed by atoms with van der Waals surface area (Å²) in [4.78, 5) is 19.1. The zero-order valence-corrected chi connectivity index (χ0v) is 17.8. The molecule has 1 aromatic heterocycles. The van der Waals surface area contributed by atoms with Crippen molar-refractivity contribution in [1.82, 2.24) is 15.2 Å². The molecule has 150 valence electrons. The molecule has 1 aliphatic rings. The summed E-state index contributed by atoms with van der Waals surface area (Å²) in [5.41, 5.74) is -0.413. The molecule has 0 spiro atoms. The van der Waals surface area contributed by atoms with E-state index in [1.54, 1.807) is 12.5 Å². The maximum atomic E-state index is 12.1. The Kier molecular flexibility index (Phi) is 7.06. The van der Waals surface area contributed by atoms with E-state index in [0.29, 0.717) is 23.2 Å². The molecule has 2 heterocycles. The van der Waals surface area contributed by atoms with Gasteiger partial charge in [0.25, 0.3) is 11.1 Å². The molecule has 6 nitrogen and oxygen atoms in total. The van der Waals surface area contributed by atoms with Gasteiger partial charge >= 0.3 is 0 Å². The number of ether oxygens (including phenoxy) is 2. The number of allylic oxidation sites excluding steroid dienone is 1. The van der Waals surface area contributed by atoms with Crippen molar-refractivity contribution in [3.05, 3.63) is 35.8 Å². The van der Waals surface area contributed by atoms with Gasteiger partial charge in [0, 0.05) is 12.1 Å². The van der Waals surface area contributed by atoms with Crippen molar-refractivity contribution in [1.29, 1.82) is 0 Å². The Balaban J connectivity index is 1.88. The molecular formula is C20H31N3O3S. The summed E-state index contributed by atoms with van der Waals surface area (Å²) in [6.45, 7) is 15.6. The number of unbranched alkanes of at least 4 members (excludes halogenated alkanes) is 2. The van der Waals surface area contributed by atoms with Crippen LogP contribution in [-0.4, -0.2) is 40.1 Å². The number of amides is 1. The van der Waals surface area contributed by atoms with Gasteiger partial charge in [-0.2, -0.15) is 0 Å². The Morgan fingerprint density at radius 3 is 2.85 bits per heavy atom. The molecule has 0 unspecified atom stereocenters. The van der Waals surface area contributed by atoms with Crippen molar-refractivity contribution >= 4 is 17.2 Å². The van der Waals surface area contributed by atoms with Crippen molar-refractivity contribution in [3.63, 3.8) is 0 Å². The quantitative estimate of drug-likeness (QED) is 0.405. The second-order valence-electron chi connectivity index (χ2n) is 8.04. The molecule has 0 atom stereocenters. The highest BCUT2D eigenvalue weighted by molar-refractivity contribution is 7.15. The zero-order valence-electron chi connectivity index (χ0n) is 17.0. The summed E-state index contributed by atoms with van der Waals surface area (Å²) < 4.78 is 11.6. The Labute approximate surface area is 166 Å². The van der Waals surface area contributed by atoms with Crippen LogP contribution >= 0.6 is 11.3 Å². The standard InChI is InChI=1S/C20H31N3O3S/c1-7-8-9-10-11-21-17(24)16-12-22-18(27-16)25-14-15-13-23(19(2,3)4)20(5,6)26-15/h7,12,14H,1,8-11,13H2,2-6H3,(H,21,24). The first-order chi connectivity index (χ1) is 12.6. The van der Waals surface area contributed by atoms with E-state index in [-0.39, 0.29) is 11.4 Å². The van der Waals surface area contributed by atoms with Crippen LogP contribution in [-0.2, 0) is 4.74 Å². The molecule has 27 heavy (non-hydrogen) atoms. The highest BCUT2D eigenvalue weighted by Gasteiger charge is 2.43. The van der Waals surface area contributed by atoms with Crippen molar-refractivity contribution in [2.75, 3.05) is 13.1 Å². The highest BCUT2D eigenvalue weighted by atomic mass is 32.1. The molecule has 1 N–H and O–H groups in total. The van der Waals surface area contributed by atoms with Crippen LogP contribution < -0.4 is 10.1 Å². The number of hydrogen-bond donors (Lipinski definition) is 1. The van der Waals surface area contributed by atoms with Crippen molar-refractivity contribution in [2.24, 2.45) is 0 Å². The molecule has 1 saturated heterocycles. The molecule has 1 fully saturated rings. The fraction of sp³-hybridized carbons (Fsp3) is 0.600. The monoisotopic (exact) mass is 393 g/mol. The lowest BCUT2D eigenvalue weighted by atomic mass is 10.0. The number of carbonyl (C=O) groups is 1. The first-order valence-corrected chi connectivity index (χ1v) is 10.1. The van der Waals surface area contributed by atoms with E-state index in [1.165, 1.54) is 11.3 Å². The normalized spacial score (nSPS) is 18.3. The first kappa shape index (κ1) is 21.4. The van der Waals surface area contributed by atoms with Crippen LogP contribution in [0.4, 0.5) is 0 Å². The van der Waals surface area contributed by atoms with Crippen molar-refractivity contribution in [2.45, 2.75) is 65.1 Å². The van der Waals surface area contributed by atoms with Gasteiger partial charge in [-0.1, -0.05) is 17.4 Å². The minimum atomic E-state index is -0.396. The second-order valence-corrected chi connectivity index (χ2v) is 9.03. The fourth-order valence-electron chi connectivity index (χ4n) is 3.10. The molecule has 1 amide bonds. The summed E-state index contributed by atoms with van der Waals surface area (Å²) >= 11 is 1.22. The predicted octanol–water partition coefficient (Wildman–Crippen LogP) is 4.32. The third-order valence-corrected chi connectivity index (χ3v) is 5.16. The van der Waals surface area contributed by atoms with Crippen molar-refractivity contribution in [3.8, 4) is 5.19 Å². The SMILES string of the molecule is C=CCCCCNC(=O)c1cnc(OC=C2CN(C(C)(C)C)C(C)(C)O2)s1. The van der Waals surface area contributed by atoms with Gasteiger partial charge in [-0.25, -0.2) is 4.98 Å². The molecule has 0 aromatic carbocycles. The molecular weight excluding hydrogens is 362 g/mol. The zero-order chi connectivity index (χ0) is 20.1. The first-order valence-electron chi connectivity index (χ1n) is 9.31. The Hall–Kier alpha value is -1.86. The molecule has 2 rings (SSSR count). The van der Waals surface area contributed by atoms with Gasteiger partial charge in [-0.15, -0.1) is 6.58 Å². The summed E-state index contributed by atoms with van der Waals surface area (Å²) in [6.07, 6.45) is 7.94. The van der Waals surface area contributed by atoms with Crippen LogP contribution in [0.15, 0.2) is 30.9 Å². The van der Waals surface area contributed by atoms with Crippen LogP contribution in [0.25, 0.3) is 0 Å². The number of nitrogens with zero attached hydrogens (tertiary/aromatic N) is 2. The Morgan fingerprint density at radius 1 is 1.48 bits per heavy atom. The molecule has 1 aromatic rings. The highest BCUT2D eigenvalue weighted by Crippen LogP contribution is 2.35. The van der Waals surface area contributed by atoms with Gasteiger partial charge in [0.1, 0.15) is 16.9 Å². The van der Waals surface area contributed by atoms with Crippen LogP contribution in [0.5, 0.6) is 5.19 Å². The Morgan fingerprint density at radius 2 is 2.22 bits per heavy atom. The van der Waals surface area contributed by atoms with Gasteiger partial charge in [0.15, 0.2) is 5.72 Å². The Bertz CT molecular complexity index is 689. The smallest absolute Gasteiger partial charge is 0.278 e. The third-order valence-electron chi connectivity index (χ3n) is 4.27. The van der Waals surface area contributed by atoms with Gasteiger partial charge in [0.2, 0.25) is 0 Å². The van der Waals surface area contributed by atoms with E-state index in [9.17, 15) is 4.79 Å². The van der Waals surface area contributed by atoms with E-state index < -0.39 is 5.72 Å². The molecule has 0 saturated carbocycles. The minimum Gasteiger partial charge on any atom is -0.473 e. The fourth-order valence-corrected chi connectivity index (χ4v) is 3.76. The van der Waals surface area contributed by atoms with Gasteiger partial charge < -0.3 is 14.8 Å². The topological polar surface area (TPSA) is 63.7 Å². The van der Waals surface area contributed by atoms with E-state index in [4.69, 9.17) is 9.47 Å².